The fourth-order valence-corrected chi connectivity index (χ4v) is 8.01. The number of ketones is 1. The van der Waals surface area contributed by atoms with Crippen LogP contribution in [-0.4, -0.2) is 15.9 Å². The van der Waals surface area contributed by atoms with Gasteiger partial charge in [0.15, 0.2) is 5.78 Å². The van der Waals surface area contributed by atoms with Crippen LogP contribution < -0.4 is 0 Å². The Hall–Kier alpha value is -3.15. The Morgan fingerprint density at radius 2 is 1.52 bits per heavy atom. The second-order valence-corrected chi connectivity index (χ2v) is 16.7. The summed E-state index contributed by atoms with van der Waals surface area (Å²) in [5.74, 6) is 0.286. The van der Waals surface area contributed by atoms with Crippen LogP contribution in [0.3, 0.4) is 0 Å². The van der Waals surface area contributed by atoms with E-state index in [0.29, 0.717) is 0 Å². The maximum Gasteiger partial charge on any atom is 0.164 e. The molecule has 6 heteroatoms. The SMILES string of the molecule is CC(C)(C)c1cc(-c2nccc3cc(-c4ccc5sccc5c4)sc23)[c-]c2ccccc12.CCC(C)(CC)C(=O)/C=C(\O)C(C)(CC)CC.[Ir]. The van der Waals surface area contributed by atoms with Gasteiger partial charge in [-0.1, -0.05) is 97.5 Å². The van der Waals surface area contributed by atoms with E-state index in [-0.39, 0.29) is 47.9 Å². The van der Waals surface area contributed by atoms with Crippen molar-refractivity contribution in [2.75, 3.05) is 0 Å². The monoisotopic (exact) mass is 881 g/mol. The van der Waals surface area contributed by atoms with Crippen molar-refractivity contribution in [2.24, 2.45) is 10.8 Å². The number of aromatic nitrogens is 1. The summed E-state index contributed by atoms with van der Waals surface area (Å²) in [5, 5.41) is 17.2. The van der Waals surface area contributed by atoms with Gasteiger partial charge < -0.3 is 5.11 Å². The zero-order valence-corrected chi connectivity index (χ0v) is 34.9. The first-order valence-corrected chi connectivity index (χ1v) is 19.2. The molecule has 6 aromatic rings. The Bertz CT molecular complexity index is 2120. The molecule has 0 aliphatic heterocycles. The number of fused-ring (bicyclic) bond motifs is 3. The van der Waals surface area contributed by atoms with Gasteiger partial charge in [-0.25, -0.2) is 0 Å². The Balaban J connectivity index is 0.000000269. The van der Waals surface area contributed by atoms with Gasteiger partial charge in [-0.2, -0.15) is 0 Å². The molecule has 265 valence electrons. The van der Waals surface area contributed by atoms with E-state index in [1.54, 1.807) is 11.3 Å². The number of hydrogen-bond donors (Lipinski definition) is 1. The van der Waals surface area contributed by atoms with Gasteiger partial charge >= 0.3 is 0 Å². The number of nitrogens with zero attached hydrogens (tertiary/aromatic N) is 1. The van der Waals surface area contributed by atoms with Gasteiger partial charge in [-0.3, -0.25) is 9.78 Å². The van der Waals surface area contributed by atoms with Gasteiger partial charge in [-0.05, 0) is 83.1 Å². The van der Waals surface area contributed by atoms with Gasteiger partial charge in [0.05, 0.1) is 0 Å². The molecule has 3 aromatic carbocycles. The number of rotatable bonds is 9. The standard InChI is InChI=1S/C29H22NS2.C15H28O2.Ir/c1-29(2,3)24-16-22(14-18-6-4-5-7-23(18)24)27-28-21(10-12-30-27)17-26(32-28)19-8-9-25-20(15-19)11-13-31-25;1-7-14(5,8-2)12(16)11-13(17)15(6,9-3)10-4;/h4-13,15-17H,1-3H3;11,16H,7-10H2,1-6H3;/q-1;;/b;12-11-;. The third-order valence-electron chi connectivity index (χ3n) is 10.6. The Labute approximate surface area is 320 Å². The summed E-state index contributed by atoms with van der Waals surface area (Å²) >= 11 is 3.61. The first kappa shape index (κ1) is 39.6. The molecule has 6 rings (SSSR count). The minimum Gasteiger partial charge on any atom is -0.512 e. The molecule has 0 aliphatic rings. The van der Waals surface area contributed by atoms with Crippen molar-refractivity contribution < 1.29 is 30.0 Å². The third-order valence-corrected chi connectivity index (χ3v) is 12.7. The molecular weight excluding hydrogens is 831 g/mol. The molecule has 1 N–H and O–H groups in total. The van der Waals surface area contributed by atoms with Crippen LogP contribution in [0.1, 0.15) is 93.6 Å². The number of pyridine rings is 1. The number of benzene rings is 3. The second kappa shape index (κ2) is 16.0. The van der Waals surface area contributed by atoms with Crippen LogP contribution in [0.15, 0.2) is 90.1 Å². The average Bonchev–Trinajstić information content (AvgIpc) is 3.77. The van der Waals surface area contributed by atoms with Gasteiger partial charge in [0.2, 0.25) is 0 Å². The molecule has 0 spiro atoms. The second-order valence-electron chi connectivity index (χ2n) is 14.7. The van der Waals surface area contributed by atoms with Crippen molar-refractivity contribution >= 4 is 59.4 Å². The maximum absolute atomic E-state index is 12.2. The first-order valence-electron chi connectivity index (χ1n) is 17.5. The zero-order valence-electron chi connectivity index (χ0n) is 30.9. The fourth-order valence-electron chi connectivity index (χ4n) is 6.08. The molecule has 3 nitrogen and oxygen atoms in total. The summed E-state index contributed by atoms with van der Waals surface area (Å²) in [7, 11) is 0. The summed E-state index contributed by atoms with van der Waals surface area (Å²) in [6, 6.07) is 27.9. The Kier molecular flexibility index (Phi) is 12.7. The number of thiophene rings is 2. The molecular formula is C44H50IrNO2S2-. The van der Waals surface area contributed by atoms with Crippen LogP contribution in [0.5, 0.6) is 0 Å². The molecule has 0 bridgehead atoms. The molecule has 0 unspecified atom stereocenters. The number of carbonyl (C=O) groups excluding carboxylic acids is 1. The quantitative estimate of drug-likeness (QED) is 0.0894. The molecule has 0 atom stereocenters. The van der Waals surface area contributed by atoms with E-state index in [4.69, 9.17) is 4.98 Å². The van der Waals surface area contributed by atoms with Crippen LogP contribution in [-0.2, 0) is 30.3 Å². The predicted octanol–water partition coefficient (Wildman–Crippen LogP) is 13.7. The van der Waals surface area contributed by atoms with E-state index in [1.165, 1.54) is 47.6 Å². The summed E-state index contributed by atoms with van der Waals surface area (Å²) in [5.41, 5.74) is 4.12. The van der Waals surface area contributed by atoms with E-state index in [1.807, 2.05) is 59.1 Å². The van der Waals surface area contributed by atoms with Crippen LogP contribution >= 0.6 is 22.7 Å². The van der Waals surface area contributed by atoms with Crippen molar-refractivity contribution in [2.45, 2.75) is 93.4 Å². The predicted molar refractivity (Wildman–Crippen MR) is 214 cm³/mol. The van der Waals surface area contributed by atoms with E-state index >= 15 is 0 Å². The van der Waals surface area contributed by atoms with Crippen molar-refractivity contribution in [1.82, 2.24) is 4.98 Å². The third kappa shape index (κ3) is 8.15. The Morgan fingerprint density at radius 1 is 0.840 bits per heavy atom. The van der Waals surface area contributed by atoms with Crippen LogP contribution in [0, 0.1) is 16.9 Å². The maximum atomic E-state index is 12.2. The van der Waals surface area contributed by atoms with Crippen molar-refractivity contribution in [3.05, 3.63) is 102 Å². The average molecular weight is 881 g/mol. The topological polar surface area (TPSA) is 50.2 Å². The zero-order chi connectivity index (χ0) is 35.6. The molecule has 0 aliphatic carbocycles. The van der Waals surface area contributed by atoms with Gasteiger partial charge in [0, 0.05) is 63.2 Å². The van der Waals surface area contributed by atoms with Gasteiger partial charge in [0.1, 0.15) is 5.76 Å². The number of aliphatic hydroxyl groups excluding tert-OH is 1. The smallest absolute Gasteiger partial charge is 0.164 e. The van der Waals surface area contributed by atoms with E-state index < -0.39 is 0 Å². The Morgan fingerprint density at radius 3 is 2.18 bits per heavy atom. The fraction of sp³-hybridized carbons (Fsp3) is 0.364. The summed E-state index contributed by atoms with van der Waals surface area (Å²) in [4.78, 5) is 18.3. The number of hydrogen-bond acceptors (Lipinski definition) is 5. The van der Waals surface area contributed by atoms with Crippen LogP contribution in [0.4, 0.5) is 0 Å². The van der Waals surface area contributed by atoms with Crippen LogP contribution in [0.2, 0.25) is 0 Å². The molecule has 50 heavy (non-hydrogen) atoms. The first-order chi connectivity index (χ1) is 23.3. The molecule has 3 aromatic heterocycles. The summed E-state index contributed by atoms with van der Waals surface area (Å²) < 4.78 is 2.55. The minimum atomic E-state index is -0.337. The molecule has 0 fully saturated rings. The molecule has 0 amide bonds. The molecule has 0 saturated carbocycles. The van der Waals surface area contributed by atoms with E-state index in [2.05, 4.69) is 98.9 Å². The molecule has 1 radical (unpaired) electrons. The van der Waals surface area contributed by atoms with Crippen molar-refractivity contribution in [3.8, 4) is 21.7 Å². The number of carbonyl (C=O) groups is 1. The molecule has 3 heterocycles. The van der Waals surface area contributed by atoms with Gasteiger partial charge in [-0.15, -0.1) is 51.8 Å². The molecule has 0 saturated heterocycles. The van der Waals surface area contributed by atoms with Gasteiger partial charge in [0.25, 0.3) is 0 Å². The summed E-state index contributed by atoms with van der Waals surface area (Å²) in [6.45, 7) is 18.9. The number of aliphatic hydroxyl groups is 1. The minimum absolute atomic E-state index is 0. The summed E-state index contributed by atoms with van der Waals surface area (Å²) in [6.07, 6.45) is 6.68. The van der Waals surface area contributed by atoms with E-state index in [0.717, 1.165) is 42.3 Å². The number of allylic oxidation sites excluding steroid dienone is 2. The van der Waals surface area contributed by atoms with Crippen molar-refractivity contribution in [1.29, 1.82) is 0 Å². The normalized spacial score (nSPS) is 12.5. The largest absolute Gasteiger partial charge is 0.512 e. The van der Waals surface area contributed by atoms with Crippen molar-refractivity contribution in [3.63, 3.8) is 0 Å². The van der Waals surface area contributed by atoms with E-state index in [9.17, 15) is 9.90 Å². The van der Waals surface area contributed by atoms with Crippen LogP contribution in [0.25, 0.3) is 52.6 Å².